The fraction of sp³-hybridized carbons (Fsp3) is 1.00. The fourth-order valence-electron chi connectivity index (χ4n) is 2.17. The van der Waals surface area contributed by atoms with Crippen molar-refractivity contribution in [1.29, 1.82) is 0 Å². The van der Waals surface area contributed by atoms with E-state index in [0.717, 1.165) is 19.0 Å². The lowest BCUT2D eigenvalue weighted by atomic mass is 9.92. The van der Waals surface area contributed by atoms with Crippen LogP contribution < -0.4 is 5.73 Å². The second-order valence-corrected chi connectivity index (χ2v) is 4.22. The second-order valence-electron chi connectivity index (χ2n) is 4.22. The van der Waals surface area contributed by atoms with Gasteiger partial charge in [-0.2, -0.15) is 0 Å². The summed E-state index contributed by atoms with van der Waals surface area (Å²) in [5, 5.41) is 0. The Hall–Kier alpha value is -0.0800. The zero-order chi connectivity index (χ0) is 9.52. The number of piperidine rings is 1. The average molecular weight is 184 g/mol. The lowest BCUT2D eigenvalue weighted by Gasteiger charge is -2.31. The van der Waals surface area contributed by atoms with Crippen molar-refractivity contribution in [2.45, 2.75) is 39.0 Å². The first-order valence-corrected chi connectivity index (χ1v) is 5.79. The first-order valence-electron chi connectivity index (χ1n) is 5.79. The van der Waals surface area contributed by atoms with Crippen LogP contribution in [-0.2, 0) is 0 Å². The number of hydrogen-bond donors (Lipinski definition) is 1. The minimum atomic E-state index is 0.819. The lowest BCUT2D eigenvalue weighted by molar-refractivity contribution is 0.181. The normalized spacial score (nSPS) is 20.8. The average Bonchev–Trinajstić information content (AvgIpc) is 2.17. The van der Waals surface area contributed by atoms with Crippen LogP contribution in [-0.4, -0.2) is 31.1 Å². The van der Waals surface area contributed by atoms with Crippen LogP contribution in [0.5, 0.6) is 0 Å². The van der Waals surface area contributed by atoms with Crippen LogP contribution in [0.15, 0.2) is 0 Å². The van der Waals surface area contributed by atoms with Gasteiger partial charge in [-0.3, -0.25) is 0 Å². The molecule has 2 nitrogen and oxygen atoms in total. The standard InChI is InChI=1S/C11H24N2/c1-2-3-4-11-5-8-13(9-6-11)10-7-12/h11H,2-10,12H2,1H3. The molecule has 1 aliphatic heterocycles. The summed E-state index contributed by atoms with van der Waals surface area (Å²) < 4.78 is 0. The molecule has 1 heterocycles. The number of nitrogens with zero attached hydrogens (tertiary/aromatic N) is 1. The highest BCUT2D eigenvalue weighted by atomic mass is 15.1. The molecule has 1 fully saturated rings. The Morgan fingerprint density at radius 3 is 2.54 bits per heavy atom. The van der Waals surface area contributed by atoms with Crippen LogP contribution in [0, 0.1) is 5.92 Å². The van der Waals surface area contributed by atoms with Gasteiger partial charge in [0.05, 0.1) is 0 Å². The third-order valence-electron chi connectivity index (χ3n) is 3.12. The Labute approximate surface area is 82.5 Å². The second kappa shape index (κ2) is 6.39. The molecule has 0 saturated carbocycles. The number of hydrogen-bond acceptors (Lipinski definition) is 2. The molecule has 0 aromatic carbocycles. The van der Waals surface area contributed by atoms with Crippen molar-refractivity contribution in [3.63, 3.8) is 0 Å². The molecule has 78 valence electrons. The minimum absolute atomic E-state index is 0.819. The molecule has 0 spiro atoms. The van der Waals surface area contributed by atoms with Gasteiger partial charge in [0.1, 0.15) is 0 Å². The van der Waals surface area contributed by atoms with Crippen LogP contribution in [0.1, 0.15) is 39.0 Å². The van der Waals surface area contributed by atoms with Crippen molar-refractivity contribution in [2.24, 2.45) is 11.7 Å². The Balaban J connectivity index is 2.08. The summed E-state index contributed by atoms with van der Waals surface area (Å²) in [5.41, 5.74) is 5.53. The van der Waals surface area contributed by atoms with Gasteiger partial charge in [0.25, 0.3) is 0 Å². The predicted octanol–water partition coefficient (Wildman–Crippen LogP) is 1.85. The van der Waals surface area contributed by atoms with Crippen molar-refractivity contribution >= 4 is 0 Å². The minimum Gasteiger partial charge on any atom is -0.329 e. The molecule has 0 amide bonds. The SMILES string of the molecule is CCCCC1CCN(CCN)CC1. The zero-order valence-corrected chi connectivity index (χ0v) is 8.97. The maximum absolute atomic E-state index is 5.53. The Morgan fingerprint density at radius 2 is 2.00 bits per heavy atom. The molecule has 13 heavy (non-hydrogen) atoms. The van der Waals surface area contributed by atoms with Gasteiger partial charge in [-0.15, -0.1) is 0 Å². The summed E-state index contributed by atoms with van der Waals surface area (Å²) in [6, 6.07) is 0. The molecule has 2 N–H and O–H groups in total. The third kappa shape index (κ3) is 4.10. The van der Waals surface area contributed by atoms with Gasteiger partial charge in [-0.1, -0.05) is 26.2 Å². The quantitative estimate of drug-likeness (QED) is 0.706. The highest BCUT2D eigenvalue weighted by Crippen LogP contribution is 2.21. The Kier molecular flexibility index (Phi) is 5.40. The molecule has 0 radical (unpaired) electrons. The molecule has 0 aromatic rings. The van der Waals surface area contributed by atoms with Gasteiger partial charge < -0.3 is 10.6 Å². The van der Waals surface area contributed by atoms with E-state index in [0.29, 0.717) is 0 Å². The molecule has 1 rings (SSSR count). The van der Waals surface area contributed by atoms with E-state index in [2.05, 4.69) is 11.8 Å². The molecule has 0 unspecified atom stereocenters. The third-order valence-corrected chi connectivity index (χ3v) is 3.12. The summed E-state index contributed by atoms with van der Waals surface area (Å²) in [6.07, 6.45) is 7.03. The lowest BCUT2D eigenvalue weighted by Crippen LogP contribution is -2.36. The van der Waals surface area contributed by atoms with Gasteiger partial charge in [0.15, 0.2) is 0 Å². The molecular formula is C11H24N2. The van der Waals surface area contributed by atoms with E-state index >= 15 is 0 Å². The molecule has 1 aliphatic rings. The molecule has 1 saturated heterocycles. The summed E-state index contributed by atoms with van der Waals surface area (Å²) in [5.74, 6) is 1.01. The molecule has 2 heteroatoms. The molecular weight excluding hydrogens is 160 g/mol. The predicted molar refractivity (Wildman–Crippen MR) is 57.7 cm³/mol. The summed E-state index contributed by atoms with van der Waals surface area (Å²) in [7, 11) is 0. The van der Waals surface area contributed by atoms with Crippen LogP contribution in [0.4, 0.5) is 0 Å². The van der Waals surface area contributed by atoms with Crippen LogP contribution in [0.2, 0.25) is 0 Å². The van der Waals surface area contributed by atoms with Crippen LogP contribution in [0.25, 0.3) is 0 Å². The molecule has 0 bridgehead atoms. The van der Waals surface area contributed by atoms with E-state index in [1.54, 1.807) is 0 Å². The van der Waals surface area contributed by atoms with E-state index in [1.807, 2.05) is 0 Å². The number of rotatable bonds is 5. The van der Waals surface area contributed by atoms with E-state index in [-0.39, 0.29) is 0 Å². The van der Waals surface area contributed by atoms with E-state index in [4.69, 9.17) is 5.73 Å². The van der Waals surface area contributed by atoms with Gasteiger partial charge in [0, 0.05) is 13.1 Å². The maximum atomic E-state index is 5.53. The van der Waals surface area contributed by atoms with Crippen molar-refractivity contribution < 1.29 is 0 Å². The van der Waals surface area contributed by atoms with Crippen molar-refractivity contribution in [1.82, 2.24) is 4.90 Å². The fourth-order valence-corrected chi connectivity index (χ4v) is 2.17. The first kappa shape index (κ1) is 11.0. The first-order chi connectivity index (χ1) is 6.36. The summed E-state index contributed by atoms with van der Waals surface area (Å²) in [4.78, 5) is 2.50. The highest BCUT2D eigenvalue weighted by molar-refractivity contribution is 4.72. The van der Waals surface area contributed by atoms with Crippen molar-refractivity contribution in [3.8, 4) is 0 Å². The van der Waals surface area contributed by atoms with E-state index in [1.165, 1.54) is 45.2 Å². The largest absolute Gasteiger partial charge is 0.329 e. The Morgan fingerprint density at radius 1 is 1.31 bits per heavy atom. The monoisotopic (exact) mass is 184 g/mol. The number of unbranched alkanes of at least 4 members (excludes halogenated alkanes) is 1. The topological polar surface area (TPSA) is 29.3 Å². The van der Waals surface area contributed by atoms with Gasteiger partial charge >= 0.3 is 0 Å². The summed E-state index contributed by atoms with van der Waals surface area (Å²) >= 11 is 0. The smallest absolute Gasteiger partial charge is 0.0105 e. The molecule has 0 aromatic heterocycles. The van der Waals surface area contributed by atoms with Gasteiger partial charge in [-0.25, -0.2) is 0 Å². The molecule has 0 aliphatic carbocycles. The highest BCUT2D eigenvalue weighted by Gasteiger charge is 2.17. The number of nitrogens with two attached hydrogens (primary N) is 1. The van der Waals surface area contributed by atoms with E-state index < -0.39 is 0 Å². The van der Waals surface area contributed by atoms with Crippen molar-refractivity contribution in [3.05, 3.63) is 0 Å². The van der Waals surface area contributed by atoms with Gasteiger partial charge in [0.2, 0.25) is 0 Å². The number of likely N-dealkylation sites (tertiary alicyclic amines) is 1. The zero-order valence-electron chi connectivity index (χ0n) is 8.97. The van der Waals surface area contributed by atoms with Crippen LogP contribution >= 0.6 is 0 Å². The van der Waals surface area contributed by atoms with Crippen molar-refractivity contribution in [2.75, 3.05) is 26.2 Å². The van der Waals surface area contributed by atoms with Crippen LogP contribution in [0.3, 0.4) is 0 Å². The van der Waals surface area contributed by atoms with Gasteiger partial charge in [-0.05, 0) is 31.8 Å². The maximum Gasteiger partial charge on any atom is 0.0105 e. The Bertz CT molecular complexity index is 117. The van der Waals surface area contributed by atoms with E-state index in [9.17, 15) is 0 Å². The summed E-state index contributed by atoms with van der Waals surface area (Å²) in [6.45, 7) is 6.76. The molecule has 0 atom stereocenters.